The number of rotatable bonds is 1. The van der Waals surface area contributed by atoms with Crippen molar-refractivity contribution in [3.05, 3.63) is 18.0 Å². The van der Waals surface area contributed by atoms with Gasteiger partial charge in [0.15, 0.2) is 5.70 Å². The predicted molar refractivity (Wildman–Crippen MR) is 41.3 cm³/mol. The van der Waals surface area contributed by atoms with E-state index in [0.29, 0.717) is 6.61 Å². The van der Waals surface area contributed by atoms with E-state index in [9.17, 15) is 0 Å². The van der Waals surface area contributed by atoms with Gasteiger partial charge in [-0.1, -0.05) is 6.08 Å². The zero-order chi connectivity index (χ0) is 7.40. The molecular formula is C8H12NO+. The summed E-state index contributed by atoms with van der Waals surface area (Å²) in [5.74, 6) is 2.86. The van der Waals surface area contributed by atoms with Crippen molar-refractivity contribution in [2.75, 3.05) is 13.7 Å². The first-order chi connectivity index (χ1) is 4.84. The van der Waals surface area contributed by atoms with Crippen molar-refractivity contribution in [1.29, 1.82) is 0 Å². The van der Waals surface area contributed by atoms with Gasteiger partial charge in [0, 0.05) is 26.6 Å². The van der Waals surface area contributed by atoms with E-state index in [-0.39, 0.29) is 0 Å². The van der Waals surface area contributed by atoms with Crippen LogP contribution in [0.2, 0.25) is 0 Å². The van der Waals surface area contributed by atoms with Crippen molar-refractivity contribution in [3.63, 3.8) is 0 Å². The molecule has 10 heavy (non-hydrogen) atoms. The lowest BCUT2D eigenvalue weighted by atomic mass is 10.4. The summed E-state index contributed by atoms with van der Waals surface area (Å²) >= 11 is 0. The Hall–Kier alpha value is -1.01. The predicted octanol–water partition coefficient (Wildman–Crippen LogP) is 1.11. The molecule has 2 nitrogen and oxygen atoms in total. The van der Waals surface area contributed by atoms with E-state index in [1.54, 1.807) is 0 Å². The van der Waals surface area contributed by atoms with Gasteiger partial charge >= 0.3 is 5.94 Å². The first-order valence-corrected chi connectivity index (χ1v) is 3.47. The molecule has 1 aliphatic heterocycles. The second kappa shape index (κ2) is 3.23. The van der Waals surface area contributed by atoms with Crippen LogP contribution in [-0.4, -0.2) is 24.5 Å². The molecule has 0 aromatic rings. The monoisotopic (exact) mass is 138 g/mol. The smallest absolute Gasteiger partial charge is 0.341 e. The molecule has 0 bridgehead atoms. The van der Waals surface area contributed by atoms with Gasteiger partial charge in [0.2, 0.25) is 0 Å². The molecular weight excluding hydrogens is 126 g/mol. The highest BCUT2D eigenvalue weighted by Gasteiger charge is 2.09. The van der Waals surface area contributed by atoms with E-state index < -0.39 is 0 Å². The Kier molecular flexibility index (Phi) is 2.30. The van der Waals surface area contributed by atoms with E-state index >= 15 is 0 Å². The highest BCUT2D eigenvalue weighted by Crippen LogP contribution is 2.11. The largest absolute Gasteiger partial charge is 0.366 e. The van der Waals surface area contributed by atoms with Crippen molar-refractivity contribution in [2.45, 2.75) is 13.3 Å². The van der Waals surface area contributed by atoms with Gasteiger partial charge in [-0.05, 0) is 0 Å². The molecule has 0 aromatic carbocycles. The number of carbonyl (C=O) groups excluding carboxylic acids is 1. The second-order valence-electron chi connectivity index (χ2n) is 2.18. The standard InChI is InChI=1S/C8H12NO/c1-3-10-7-8-5-4-6-9(8)2/h4,6H,3,5H2,1-2H3/q+1. The lowest BCUT2D eigenvalue weighted by Crippen LogP contribution is -2.04. The first kappa shape index (κ1) is 7.10. The van der Waals surface area contributed by atoms with Crippen molar-refractivity contribution < 1.29 is 4.42 Å². The van der Waals surface area contributed by atoms with Crippen LogP contribution in [0.15, 0.2) is 18.0 Å². The zero-order valence-corrected chi connectivity index (χ0v) is 6.42. The molecule has 0 aliphatic carbocycles. The second-order valence-corrected chi connectivity index (χ2v) is 2.18. The van der Waals surface area contributed by atoms with Gasteiger partial charge < -0.3 is 4.90 Å². The lowest BCUT2D eigenvalue weighted by molar-refractivity contribution is 0.126. The van der Waals surface area contributed by atoms with E-state index in [4.69, 9.17) is 4.42 Å². The minimum absolute atomic E-state index is 0.692. The quantitative estimate of drug-likeness (QED) is 0.391. The molecule has 0 unspecified atom stereocenters. The van der Waals surface area contributed by atoms with Crippen LogP contribution in [0.1, 0.15) is 13.3 Å². The van der Waals surface area contributed by atoms with Crippen molar-refractivity contribution in [3.8, 4) is 0 Å². The summed E-state index contributed by atoms with van der Waals surface area (Å²) in [4.78, 5) is 2.01. The molecule has 0 saturated heterocycles. The summed E-state index contributed by atoms with van der Waals surface area (Å²) in [5.41, 5.74) is 1.10. The van der Waals surface area contributed by atoms with Crippen molar-refractivity contribution in [2.24, 2.45) is 0 Å². The summed E-state index contributed by atoms with van der Waals surface area (Å²) in [5, 5.41) is 0. The summed E-state index contributed by atoms with van der Waals surface area (Å²) < 4.78 is 5.02. The van der Waals surface area contributed by atoms with Crippen LogP contribution in [0.3, 0.4) is 0 Å². The van der Waals surface area contributed by atoms with E-state index in [1.165, 1.54) is 0 Å². The van der Waals surface area contributed by atoms with Crippen LogP contribution in [0.5, 0.6) is 0 Å². The molecule has 0 radical (unpaired) electrons. The lowest BCUT2D eigenvalue weighted by Gasteiger charge is -2.02. The number of hydrogen-bond donors (Lipinski definition) is 0. The molecule has 1 aliphatic rings. The SMILES string of the molecule is CC[O+]=C=C1CC=CN1C. The van der Waals surface area contributed by atoms with Gasteiger partial charge in [-0.15, -0.1) is 0 Å². The third-order valence-electron chi connectivity index (χ3n) is 1.40. The molecule has 0 spiro atoms. The van der Waals surface area contributed by atoms with E-state index in [0.717, 1.165) is 12.1 Å². The molecule has 2 heteroatoms. The zero-order valence-electron chi connectivity index (χ0n) is 6.42. The maximum absolute atomic E-state index is 5.02. The molecule has 0 amide bonds. The van der Waals surface area contributed by atoms with Crippen molar-refractivity contribution >= 4 is 5.94 Å². The van der Waals surface area contributed by atoms with Crippen LogP contribution in [-0.2, 0) is 4.42 Å². The maximum Gasteiger partial charge on any atom is 0.366 e. The topological polar surface area (TPSA) is 14.5 Å². The van der Waals surface area contributed by atoms with E-state index in [1.807, 2.05) is 25.1 Å². The number of allylic oxidation sites excluding steroid dienone is 1. The molecule has 0 fully saturated rings. The van der Waals surface area contributed by atoms with Crippen molar-refractivity contribution in [1.82, 2.24) is 4.90 Å². The van der Waals surface area contributed by atoms with Gasteiger partial charge in [0.1, 0.15) is 0 Å². The van der Waals surface area contributed by atoms with Crippen LogP contribution >= 0.6 is 0 Å². The van der Waals surface area contributed by atoms with Crippen LogP contribution < -0.4 is 0 Å². The fraction of sp³-hybridized carbons (Fsp3) is 0.500. The van der Waals surface area contributed by atoms with Gasteiger partial charge in [-0.3, -0.25) is 0 Å². The number of hydrogen-bond acceptors (Lipinski definition) is 1. The van der Waals surface area contributed by atoms with Crippen LogP contribution in [0.4, 0.5) is 0 Å². The first-order valence-electron chi connectivity index (χ1n) is 3.47. The Bertz CT molecular complexity index is 199. The minimum atomic E-state index is 0.692. The summed E-state index contributed by atoms with van der Waals surface area (Å²) in [6, 6.07) is 0. The Morgan fingerprint density at radius 3 is 3.10 bits per heavy atom. The average molecular weight is 138 g/mol. The fourth-order valence-electron chi connectivity index (χ4n) is 0.826. The van der Waals surface area contributed by atoms with Gasteiger partial charge in [0.05, 0.1) is 0 Å². The maximum atomic E-state index is 5.02. The summed E-state index contributed by atoms with van der Waals surface area (Å²) in [6.45, 7) is 2.65. The molecule has 0 aromatic heterocycles. The molecule has 0 atom stereocenters. The highest BCUT2D eigenvalue weighted by atomic mass is 16.4. The summed E-state index contributed by atoms with van der Waals surface area (Å²) in [7, 11) is 1.99. The molecule has 0 N–H and O–H groups in total. The Labute approximate surface area is 61.1 Å². The average Bonchev–Trinajstić information content (AvgIpc) is 2.31. The van der Waals surface area contributed by atoms with Crippen LogP contribution in [0, 0.1) is 0 Å². The third-order valence-corrected chi connectivity index (χ3v) is 1.40. The molecule has 1 heterocycles. The molecule has 1 rings (SSSR count). The normalized spacial score (nSPS) is 15.8. The van der Waals surface area contributed by atoms with Crippen LogP contribution in [0.25, 0.3) is 0 Å². The Morgan fingerprint density at radius 2 is 2.60 bits per heavy atom. The minimum Gasteiger partial charge on any atom is -0.341 e. The fourth-order valence-corrected chi connectivity index (χ4v) is 0.826. The Balaban J connectivity index is 2.67. The highest BCUT2D eigenvalue weighted by molar-refractivity contribution is 5.54. The van der Waals surface area contributed by atoms with E-state index in [2.05, 4.69) is 12.0 Å². The Morgan fingerprint density at radius 1 is 1.80 bits per heavy atom. The van der Waals surface area contributed by atoms with Gasteiger partial charge in [0.25, 0.3) is 6.61 Å². The summed E-state index contributed by atoms with van der Waals surface area (Å²) in [6.07, 6.45) is 5.04. The number of nitrogens with zero attached hydrogens (tertiary/aromatic N) is 1. The third kappa shape index (κ3) is 1.49. The molecule has 0 saturated carbocycles. The van der Waals surface area contributed by atoms with Gasteiger partial charge in [-0.2, -0.15) is 0 Å². The van der Waals surface area contributed by atoms with Gasteiger partial charge in [-0.25, -0.2) is 4.42 Å². The molecule has 54 valence electrons.